The van der Waals surface area contributed by atoms with E-state index in [4.69, 9.17) is 4.99 Å². The van der Waals surface area contributed by atoms with Crippen LogP contribution in [0.1, 0.15) is 45.1 Å². The van der Waals surface area contributed by atoms with E-state index in [2.05, 4.69) is 51.0 Å². The first-order valence-corrected chi connectivity index (χ1v) is 12.4. The third-order valence-electron chi connectivity index (χ3n) is 6.92. The molecule has 3 saturated heterocycles. The Hall–Kier alpha value is -1.62. The molecule has 0 radical (unpaired) electrons. The van der Waals surface area contributed by atoms with Crippen molar-refractivity contribution >= 4 is 41.7 Å². The van der Waals surface area contributed by atoms with E-state index in [1.807, 2.05) is 11.1 Å². The number of nitrogens with one attached hydrogen (secondary N) is 1. The van der Waals surface area contributed by atoms with Crippen LogP contribution in [-0.4, -0.2) is 96.5 Å². The van der Waals surface area contributed by atoms with Gasteiger partial charge in [-0.3, -0.25) is 9.69 Å². The molecule has 1 aromatic rings. The van der Waals surface area contributed by atoms with Gasteiger partial charge in [0.2, 0.25) is 5.91 Å². The van der Waals surface area contributed by atoms with Crippen LogP contribution in [0.4, 0.5) is 5.82 Å². The van der Waals surface area contributed by atoms with Gasteiger partial charge in [-0.2, -0.15) is 0 Å². The molecular formula is C24H40IN7O. The Morgan fingerprint density at radius 2 is 1.70 bits per heavy atom. The summed E-state index contributed by atoms with van der Waals surface area (Å²) in [6.45, 7) is 13.3. The minimum atomic E-state index is -0.0319. The SMILES string of the molecule is CCNC(=NCc1ccnc(N2CCCC2)c1)N1CCN(C(C)C(=O)N2CCCC2)CC1.I. The first-order valence-electron chi connectivity index (χ1n) is 12.4. The summed E-state index contributed by atoms with van der Waals surface area (Å²) >= 11 is 0. The molecule has 1 N–H and O–H groups in total. The van der Waals surface area contributed by atoms with Crippen LogP contribution in [0, 0.1) is 0 Å². The fourth-order valence-electron chi connectivity index (χ4n) is 4.95. The van der Waals surface area contributed by atoms with Gasteiger partial charge in [-0.05, 0) is 57.2 Å². The van der Waals surface area contributed by atoms with Gasteiger partial charge < -0.3 is 20.0 Å². The van der Waals surface area contributed by atoms with Crippen molar-refractivity contribution in [3.8, 4) is 0 Å². The lowest BCUT2D eigenvalue weighted by molar-refractivity contribution is -0.135. The summed E-state index contributed by atoms with van der Waals surface area (Å²) in [5, 5.41) is 3.46. The van der Waals surface area contributed by atoms with Gasteiger partial charge in [0.25, 0.3) is 0 Å². The quantitative estimate of drug-likeness (QED) is 0.323. The lowest BCUT2D eigenvalue weighted by atomic mass is 10.2. The number of aromatic nitrogens is 1. The Morgan fingerprint density at radius 3 is 2.36 bits per heavy atom. The van der Waals surface area contributed by atoms with Crippen molar-refractivity contribution in [2.45, 2.75) is 52.1 Å². The highest BCUT2D eigenvalue weighted by molar-refractivity contribution is 14.0. The van der Waals surface area contributed by atoms with Gasteiger partial charge in [0, 0.05) is 65.1 Å². The molecule has 1 unspecified atom stereocenters. The number of aliphatic imine (C=N–C) groups is 1. The number of anilines is 1. The molecule has 1 aromatic heterocycles. The van der Waals surface area contributed by atoms with Crippen LogP contribution in [0.15, 0.2) is 23.3 Å². The number of pyridine rings is 1. The zero-order valence-electron chi connectivity index (χ0n) is 20.2. The first-order chi connectivity index (χ1) is 15.7. The van der Waals surface area contributed by atoms with E-state index in [0.29, 0.717) is 12.5 Å². The third kappa shape index (κ3) is 6.71. The van der Waals surface area contributed by atoms with E-state index in [1.165, 1.54) is 18.4 Å². The van der Waals surface area contributed by atoms with Gasteiger partial charge in [0.1, 0.15) is 5.82 Å². The molecule has 4 rings (SSSR count). The summed E-state index contributed by atoms with van der Waals surface area (Å²) in [6, 6.07) is 4.22. The molecule has 8 nitrogen and oxygen atoms in total. The van der Waals surface area contributed by atoms with Crippen molar-refractivity contribution in [3.05, 3.63) is 23.9 Å². The van der Waals surface area contributed by atoms with Gasteiger partial charge in [0.15, 0.2) is 5.96 Å². The Morgan fingerprint density at radius 1 is 1.03 bits per heavy atom. The number of carbonyl (C=O) groups excluding carboxylic acids is 1. The number of hydrogen-bond donors (Lipinski definition) is 1. The molecule has 4 heterocycles. The molecule has 0 saturated carbocycles. The van der Waals surface area contributed by atoms with E-state index in [1.54, 1.807) is 0 Å². The van der Waals surface area contributed by atoms with Crippen molar-refractivity contribution in [1.82, 2.24) is 25.0 Å². The minimum absolute atomic E-state index is 0. The summed E-state index contributed by atoms with van der Waals surface area (Å²) in [7, 11) is 0. The van der Waals surface area contributed by atoms with Gasteiger partial charge in [0.05, 0.1) is 12.6 Å². The Labute approximate surface area is 215 Å². The van der Waals surface area contributed by atoms with Crippen LogP contribution >= 0.6 is 24.0 Å². The topological polar surface area (TPSA) is 67.3 Å². The van der Waals surface area contributed by atoms with Crippen molar-refractivity contribution in [1.29, 1.82) is 0 Å². The predicted molar refractivity (Wildman–Crippen MR) is 144 cm³/mol. The number of amides is 1. The average molecular weight is 570 g/mol. The fraction of sp³-hybridized carbons (Fsp3) is 0.708. The number of guanidine groups is 1. The summed E-state index contributed by atoms with van der Waals surface area (Å²) < 4.78 is 0. The zero-order chi connectivity index (χ0) is 22.3. The normalized spacial score (nSPS) is 20.7. The molecule has 3 aliphatic rings. The average Bonchev–Trinajstić information content (AvgIpc) is 3.56. The molecule has 0 bridgehead atoms. The second-order valence-corrected chi connectivity index (χ2v) is 9.12. The zero-order valence-corrected chi connectivity index (χ0v) is 22.5. The summed E-state index contributed by atoms with van der Waals surface area (Å²) in [5.41, 5.74) is 1.20. The number of carbonyl (C=O) groups is 1. The molecular weight excluding hydrogens is 529 g/mol. The Balaban J connectivity index is 0.00000306. The van der Waals surface area contributed by atoms with E-state index in [0.717, 1.165) is 83.5 Å². The van der Waals surface area contributed by atoms with Gasteiger partial charge >= 0.3 is 0 Å². The molecule has 1 amide bonds. The van der Waals surface area contributed by atoms with Crippen LogP contribution in [0.5, 0.6) is 0 Å². The van der Waals surface area contributed by atoms with Crippen molar-refractivity contribution in [2.75, 3.05) is 63.8 Å². The van der Waals surface area contributed by atoms with Crippen LogP contribution in [0.25, 0.3) is 0 Å². The van der Waals surface area contributed by atoms with Crippen LogP contribution in [-0.2, 0) is 11.3 Å². The van der Waals surface area contributed by atoms with Gasteiger partial charge in [-0.25, -0.2) is 9.98 Å². The maximum absolute atomic E-state index is 12.8. The van der Waals surface area contributed by atoms with E-state index in [9.17, 15) is 4.79 Å². The highest BCUT2D eigenvalue weighted by Gasteiger charge is 2.30. The maximum Gasteiger partial charge on any atom is 0.239 e. The standard InChI is InChI=1S/C24H39N7O.HI/c1-3-25-24(27-19-21-8-9-26-22(18-21)29-10-4-5-11-29)31-16-14-28(15-17-31)20(2)23(32)30-12-6-7-13-30;/h8-9,18,20H,3-7,10-17,19H2,1-2H3,(H,25,27);1H. The van der Waals surface area contributed by atoms with E-state index < -0.39 is 0 Å². The Bertz CT molecular complexity index is 785. The lowest BCUT2D eigenvalue weighted by Crippen LogP contribution is -2.57. The first kappa shape index (κ1) is 26.0. The molecule has 3 fully saturated rings. The number of halogens is 1. The molecule has 0 aromatic carbocycles. The number of piperazine rings is 1. The number of rotatable bonds is 6. The van der Waals surface area contributed by atoms with Crippen LogP contribution in [0.2, 0.25) is 0 Å². The van der Waals surface area contributed by atoms with Crippen LogP contribution < -0.4 is 10.2 Å². The number of hydrogen-bond acceptors (Lipinski definition) is 5. The van der Waals surface area contributed by atoms with Gasteiger partial charge in [-0.15, -0.1) is 24.0 Å². The third-order valence-corrected chi connectivity index (χ3v) is 6.92. The van der Waals surface area contributed by atoms with Crippen molar-refractivity contribution < 1.29 is 4.79 Å². The largest absolute Gasteiger partial charge is 0.357 e. The molecule has 1 atom stereocenters. The highest BCUT2D eigenvalue weighted by atomic mass is 127. The second kappa shape index (κ2) is 12.7. The fourth-order valence-corrected chi connectivity index (χ4v) is 4.95. The van der Waals surface area contributed by atoms with E-state index >= 15 is 0 Å². The highest BCUT2D eigenvalue weighted by Crippen LogP contribution is 2.19. The van der Waals surface area contributed by atoms with Gasteiger partial charge in [-0.1, -0.05) is 0 Å². The molecule has 0 spiro atoms. The summed E-state index contributed by atoms with van der Waals surface area (Å²) in [5.74, 6) is 2.33. The van der Waals surface area contributed by atoms with E-state index in [-0.39, 0.29) is 30.0 Å². The lowest BCUT2D eigenvalue weighted by Gasteiger charge is -2.39. The van der Waals surface area contributed by atoms with Crippen molar-refractivity contribution in [3.63, 3.8) is 0 Å². The Kier molecular flexibility index (Phi) is 10.0. The molecule has 184 valence electrons. The molecule has 33 heavy (non-hydrogen) atoms. The maximum atomic E-state index is 12.8. The smallest absolute Gasteiger partial charge is 0.239 e. The summed E-state index contributed by atoms with van der Waals surface area (Å²) in [4.78, 5) is 31.3. The molecule has 3 aliphatic heterocycles. The second-order valence-electron chi connectivity index (χ2n) is 9.12. The molecule has 9 heteroatoms. The van der Waals surface area contributed by atoms with Crippen LogP contribution in [0.3, 0.4) is 0 Å². The summed E-state index contributed by atoms with van der Waals surface area (Å²) in [6.07, 6.45) is 6.70. The number of likely N-dealkylation sites (tertiary alicyclic amines) is 1. The minimum Gasteiger partial charge on any atom is -0.357 e. The van der Waals surface area contributed by atoms with Crippen molar-refractivity contribution in [2.24, 2.45) is 4.99 Å². The monoisotopic (exact) mass is 569 g/mol. The molecule has 0 aliphatic carbocycles. The predicted octanol–water partition coefficient (Wildman–Crippen LogP) is 2.39. The number of nitrogens with zero attached hydrogens (tertiary/aromatic N) is 6.